The van der Waals surface area contributed by atoms with E-state index in [-0.39, 0.29) is 5.91 Å². The molecule has 6 heteroatoms. The van der Waals surface area contributed by atoms with Gasteiger partial charge in [-0.15, -0.1) is 11.3 Å². The average Bonchev–Trinajstić information content (AvgIpc) is 2.88. The smallest absolute Gasteiger partial charge is 0.224 e. The number of nitrogens with zero attached hydrogens (tertiary/aromatic N) is 1. The van der Waals surface area contributed by atoms with Gasteiger partial charge in [-0.3, -0.25) is 4.79 Å². The van der Waals surface area contributed by atoms with Crippen LogP contribution >= 0.6 is 23.6 Å². The molecule has 0 bridgehead atoms. The minimum Gasteiger partial charge on any atom is -0.393 e. The maximum Gasteiger partial charge on any atom is 0.224 e. The Balaban J connectivity index is 2.04. The molecule has 0 atom stereocenters. The zero-order valence-electron chi connectivity index (χ0n) is 11.1. The second kappa shape index (κ2) is 9.01. The minimum absolute atomic E-state index is 0.0624. The van der Waals surface area contributed by atoms with Crippen LogP contribution in [0.25, 0.3) is 0 Å². The minimum atomic E-state index is 0.0624. The van der Waals surface area contributed by atoms with Crippen LogP contribution in [0.3, 0.4) is 0 Å². The summed E-state index contributed by atoms with van der Waals surface area (Å²) in [6, 6.07) is 4.11. The third-order valence-electron chi connectivity index (χ3n) is 2.65. The third-order valence-corrected chi connectivity index (χ3v) is 3.79. The molecule has 0 aromatic carbocycles. The van der Waals surface area contributed by atoms with Crippen LogP contribution in [0, 0.1) is 0 Å². The van der Waals surface area contributed by atoms with Gasteiger partial charge in [0.05, 0.1) is 24.6 Å². The van der Waals surface area contributed by atoms with Crippen molar-refractivity contribution in [2.45, 2.75) is 19.3 Å². The number of amides is 1. The number of hydrogen-bond donors (Lipinski definition) is 1. The Morgan fingerprint density at radius 3 is 2.89 bits per heavy atom. The van der Waals surface area contributed by atoms with E-state index in [1.807, 2.05) is 6.07 Å². The highest BCUT2D eigenvalue weighted by molar-refractivity contribution is 7.80. The zero-order valence-corrected chi connectivity index (χ0v) is 12.8. The van der Waals surface area contributed by atoms with Gasteiger partial charge >= 0.3 is 0 Å². The molecule has 1 aromatic heterocycles. The molecule has 1 heterocycles. The maximum absolute atomic E-state index is 11.7. The van der Waals surface area contributed by atoms with Gasteiger partial charge in [0.15, 0.2) is 0 Å². The van der Waals surface area contributed by atoms with Gasteiger partial charge < -0.3 is 15.4 Å². The molecular formula is C13H20N2O2S2. The van der Waals surface area contributed by atoms with Gasteiger partial charge in [-0.2, -0.15) is 0 Å². The lowest BCUT2D eigenvalue weighted by Crippen LogP contribution is -2.30. The van der Waals surface area contributed by atoms with Gasteiger partial charge in [0, 0.05) is 31.3 Å². The first-order chi connectivity index (χ1) is 9.09. The fraction of sp³-hybridized carbons (Fsp3) is 0.538. The van der Waals surface area contributed by atoms with Crippen molar-refractivity contribution in [3.63, 3.8) is 0 Å². The average molecular weight is 300 g/mol. The van der Waals surface area contributed by atoms with E-state index >= 15 is 0 Å². The van der Waals surface area contributed by atoms with Gasteiger partial charge in [0.1, 0.15) is 0 Å². The molecule has 2 N–H and O–H groups in total. The molecule has 106 valence electrons. The van der Waals surface area contributed by atoms with Crippen LogP contribution in [0.2, 0.25) is 0 Å². The molecule has 0 radical (unpaired) electrons. The normalized spacial score (nSPS) is 10.4. The van der Waals surface area contributed by atoms with Gasteiger partial charge in [-0.1, -0.05) is 18.3 Å². The molecule has 1 amide bonds. The van der Waals surface area contributed by atoms with Gasteiger partial charge in [0.2, 0.25) is 5.91 Å². The third kappa shape index (κ3) is 7.25. The summed E-state index contributed by atoms with van der Waals surface area (Å²) in [6.45, 7) is 1.69. The summed E-state index contributed by atoms with van der Waals surface area (Å²) in [7, 11) is 1.76. The van der Waals surface area contributed by atoms with Crippen molar-refractivity contribution in [1.82, 2.24) is 4.90 Å². The Labute approximate surface area is 123 Å². The van der Waals surface area contributed by atoms with Gasteiger partial charge in [0.25, 0.3) is 0 Å². The Hall–Kier alpha value is -0.980. The van der Waals surface area contributed by atoms with Gasteiger partial charge in [-0.05, 0) is 11.4 Å². The number of nitrogens with two attached hydrogens (primary N) is 1. The molecule has 0 saturated carbocycles. The van der Waals surface area contributed by atoms with E-state index in [0.717, 1.165) is 6.42 Å². The first-order valence-electron chi connectivity index (χ1n) is 6.22. The number of rotatable bonds is 9. The number of carbonyl (C=O) groups excluding carboxylic acids is 1. The lowest BCUT2D eigenvalue weighted by molar-refractivity contribution is -0.130. The molecule has 0 aliphatic heterocycles. The van der Waals surface area contributed by atoms with Crippen LogP contribution in [-0.4, -0.2) is 42.6 Å². The van der Waals surface area contributed by atoms with Crippen LogP contribution in [0.4, 0.5) is 0 Å². The van der Waals surface area contributed by atoms with E-state index < -0.39 is 0 Å². The first kappa shape index (κ1) is 16.1. The maximum atomic E-state index is 11.7. The standard InChI is InChI=1S/C13H20N2O2S2/c1-15(7-4-12(14)18)13(16)6-9-17-8-5-11-3-2-10-19-11/h2-3,10H,4-9H2,1H3,(H2,14,18). The van der Waals surface area contributed by atoms with Crippen molar-refractivity contribution >= 4 is 34.5 Å². The largest absolute Gasteiger partial charge is 0.393 e. The Morgan fingerprint density at radius 1 is 1.47 bits per heavy atom. The fourth-order valence-corrected chi connectivity index (χ4v) is 2.26. The summed E-state index contributed by atoms with van der Waals surface area (Å²) in [5, 5.41) is 2.05. The summed E-state index contributed by atoms with van der Waals surface area (Å²) < 4.78 is 5.46. The second-order valence-electron chi connectivity index (χ2n) is 4.22. The molecule has 0 aliphatic rings. The van der Waals surface area contributed by atoms with E-state index in [1.165, 1.54) is 4.88 Å². The summed E-state index contributed by atoms with van der Waals surface area (Å²) in [4.78, 5) is 15.1. The predicted octanol–water partition coefficient (Wildman–Crippen LogP) is 1.83. The molecule has 1 aromatic rings. The Morgan fingerprint density at radius 2 is 2.26 bits per heavy atom. The topological polar surface area (TPSA) is 55.6 Å². The van der Waals surface area contributed by atoms with E-state index in [9.17, 15) is 4.79 Å². The highest BCUT2D eigenvalue weighted by Gasteiger charge is 2.08. The molecule has 19 heavy (non-hydrogen) atoms. The molecular weight excluding hydrogens is 280 g/mol. The summed E-state index contributed by atoms with van der Waals surface area (Å²) in [5.41, 5.74) is 5.40. The van der Waals surface area contributed by atoms with Crippen molar-refractivity contribution in [2.24, 2.45) is 5.73 Å². The number of thiocarbonyl (C=S) groups is 1. The quantitative estimate of drug-likeness (QED) is 0.558. The second-order valence-corrected chi connectivity index (χ2v) is 5.78. The first-order valence-corrected chi connectivity index (χ1v) is 7.51. The van der Waals surface area contributed by atoms with E-state index in [1.54, 1.807) is 23.3 Å². The van der Waals surface area contributed by atoms with Crippen LogP contribution in [0.15, 0.2) is 17.5 Å². The van der Waals surface area contributed by atoms with Crippen LogP contribution in [0.1, 0.15) is 17.7 Å². The van der Waals surface area contributed by atoms with E-state index in [0.29, 0.717) is 37.6 Å². The highest BCUT2D eigenvalue weighted by atomic mass is 32.1. The van der Waals surface area contributed by atoms with Crippen LogP contribution in [0.5, 0.6) is 0 Å². The Kier molecular flexibility index (Phi) is 7.62. The summed E-state index contributed by atoms with van der Waals surface area (Å²) >= 11 is 6.50. The van der Waals surface area contributed by atoms with Crippen molar-refractivity contribution in [1.29, 1.82) is 0 Å². The van der Waals surface area contributed by atoms with Crippen molar-refractivity contribution in [3.05, 3.63) is 22.4 Å². The number of carbonyl (C=O) groups is 1. The molecule has 0 spiro atoms. The predicted molar refractivity (Wildman–Crippen MR) is 82.5 cm³/mol. The molecule has 0 aliphatic carbocycles. The van der Waals surface area contributed by atoms with Crippen LogP contribution < -0.4 is 5.73 Å². The van der Waals surface area contributed by atoms with Gasteiger partial charge in [-0.25, -0.2) is 0 Å². The highest BCUT2D eigenvalue weighted by Crippen LogP contribution is 2.08. The fourth-order valence-electron chi connectivity index (χ4n) is 1.48. The molecule has 1 rings (SSSR count). The monoisotopic (exact) mass is 300 g/mol. The number of ether oxygens (including phenoxy) is 1. The molecule has 0 unspecified atom stereocenters. The van der Waals surface area contributed by atoms with Crippen molar-refractivity contribution < 1.29 is 9.53 Å². The summed E-state index contributed by atoms with van der Waals surface area (Å²) in [6.07, 6.45) is 1.87. The lowest BCUT2D eigenvalue weighted by atomic mass is 10.3. The molecule has 4 nitrogen and oxygen atoms in total. The lowest BCUT2D eigenvalue weighted by Gasteiger charge is -2.16. The van der Waals surface area contributed by atoms with E-state index in [4.69, 9.17) is 22.7 Å². The molecule has 0 saturated heterocycles. The summed E-state index contributed by atoms with van der Waals surface area (Å²) in [5.74, 6) is 0.0624. The van der Waals surface area contributed by atoms with E-state index in [2.05, 4.69) is 11.4 Å². The molecule has 0 fully saturated rings. The SMILES string of the molecule is CN(CCC(N)=S)C(=O)CCOCCc1cccs1. The van der Waals surface area contributed by atoms with Crippen molar-refractivity contribution in [3.8, 4) is 0 Å². The van der Waals surface area contributed by atoms with Crippen molar-refractivity contribution in [2.75, 3.05) is 26.8 Å². The van der Waals surface area contributed by atoms with Crippen LogP contribution in [-0.2, 0) is 16.0 Å². The Bertz CT molecular complexity index is 393. The number of hydrogen-bond acceptors (Lipinski definition) is 4. The zero-order chi connectivity index (χ0) is 14.1. The number of thiophene rings is 1.